The second-order valence-corrected chi connectivity index (χ2v) is 10.7. The van der Waals surface area contributed by atoms with E-state index in [1.807, 2.05) is 61.7 Å². The number of para-hydroxylation sites is 1. The molecule has 23 heteroatoms. The number of aromatic hydroxyl groups is 1. The summed E-state index contributed by atoms with van der Waals surface area (Å²) >= 11 is 1.60. The zero-order valence-corrected chi connectivity index (χ0v) is 37.9. The number of nitrogens with one attached hydrogen (secondary N) is 3. The molecule has 0 saturated heterocycles. The fraction of sp³-hybridized carbons (Fsp3) is 0.0444. The normalized spacial score (nSPS) is 7.91. The van der Waals surface area contributed by atoms with Gasteiger partial charge in [0.2, 0.25) is 0 Å². The van der Waals surface area contributed by atoms with Gasteiger partial charge in [-0.1, -0.05) is 43.3 Å². The van der Waals surface area contributed by atoms with E-state index >= 15 is 0 Å². The lowest BCUT2D eigenvalue weighted by molar-refractivity contribution is 0.420. The second-order valence-electron chi connectivity index (χ2n) is 9.96. The Balaban J connectivity index is 0.000000719. The van der Waals surface area contributed by atoms with Crippen LogP contribution in [0.5, 0.6) is 5.75 Å². The minimum atomic E-state index is 0.322. The smallest absolute Gasteiger partial charge is 0.180 e. The van der Waals surface area contributed by atoms with Crippen LogP contribution in [0.1, 0.15) is 13.8 Å². The first-order valence-corrected chi connectivity index (χ1v) is 20.5. The summed E-state index contributed by atoms with van der Waals surface area (Å²) in [6.45, 7) is 4.00. The average molecular weight is 941 g/mol. The van der Waals surface area contributed by atoms with Gasteiger partial charge in [0.05, 0.1) is 36.8 Å². The number of rotatable bonds is 0. The Hall–Kier alpha value is -9.77. The fourth-order valence-electron chi connectivity index (χ4n) is 2.80. The van der Waals surface area contributed by atoms with Crippen molar-refractivity contribution in [3.8, 4) is 5.75 Å². The van der Waals surface area contributed by atoms with Gasteiger partial charge in [-0.15, -0.1) is 11.3 Å². The molecule has 0 aliphatic carbocycles. The Morgan fingerprint density at radius 2 is 1.09 bits per heavy atom. The van der Waals surface area contributed by atoms with Gasteiger partial charge in [-0.3, -0.25) is 30.1 Å². The van der Waals surface area contributed by atoms with Gasteiger partial charge in [0.25, 0.3) is 0 Å². The summed E-state index contributed by atoms with van der Waals surface area (Å²) in [4.78, 5) is 46.5. The van der Waals surface area contributed by atoms with Gasteiger partial charge in [-0.25, -0.2) is 39.9 Å². The Labute approximate surface area is 396 Å². The summed E-state index contributed by atoms with van der Waals surface area (Å²) in [6.07, 6.45) is 43.3. The monoisotopic (exact) mass is 940 g/mol. The molecule has 0 aliphatic rings. The molecule has 0 saturated carbocycles. The van der Waals surface area contributed by atoms with Crippen LogP contribution in [0.2, 0.25) is 0 Å². The molecule has 0 aliphatic heterocycles. The van der Waals surface area contributed by atoms with Crippen molar-refractivity contribution in [2.45, 2.75) is 13.8 Å². The summed E-state index contributed by atoms with van der Waals surface area (Å²) in [5.74, 6) is 0.322. The molecule has 0 atom stereocenters. The van der Waals surface area contributed by atoms with E-state index in [4.69, 9.17) is 5.11 Å². The van der Waals surface area contributed by atoms with E-state index in [2.05, 4.69) is 104 Å². The number of benzene rings is 1. The number of hydrogen-bond acceptors (Lipinski definition) is 20. The third kappa shape index (κ3) is 52.4. The Bertz CT molecular complexity index is 1750. The molecule has 1 aromatic carbocycles. The second kappa shape index (κ2) is 55.2. The van der Waals surface area contributed by atoms with Gasteiger partial charge < -0.3 is 23.4 Å². The molecule has 0 fully saturated rings. The first kappa shape index (κ1) is 58.2. The summed E-state index contributed by atoms with van der Waals surface area (Å²) in [5, 5.41) is 26.1. The highest BCUT2D eigenvalue weighted by atomic mass is 32.1. The number of pyridine rings is 1. The maximum atomic E-state index is 8.63. The van der Waals surface area contributed by atoms with Gasteiger partial charge in [-0.2, -0.15) is 10.2 Å². The third-order valence-corrected chi connectivity index (χ3v) is 5.81. The number of furan rings is 1. The zero-order chi connectivity index (χ0) is 48.8. The van der Waals surface area contributed by atoms with Gasteiger partial charge in [-0.05, 0) is 54.6 Å². The molecule has 4 N–H and O–H groups in total. The minimum absolute atomic E-state index is 0.322. The number of H-pyrrole nitrogens is 3. The molecule has 12 rings (SSSR count). The maximum Gasteiger partial charge on any atom is 0.180 e. The highest BCUT2D eigenvalue weighted by Gasteiger charge is 1.75. The number of aromatic amines is 3. The van der Waals surface area contributed by atoms with Crippen LogP contribution in [0.3, 0.4) is 0 Å². The summed E-state index contributed by atoms with van der Waals surface area (Å²) in [6, 6.07) is 23.4. The molecule has 0 spiro atoms. The lowest BCUT2D eigenvalue weighted by Gasteiger charge is -1.82. The van der Waals surface area contributed by atoms with E-state index in [0.717, 1.165) is 0 Å². The molecule has 68 heavy (non-hydrogen) atoms. The Kier molecular flexibility index (Phi) is 47.3. The number of imidazole rings is 1. The molecule has 0 radical (unpaired) electrons. The van der Waals surface area contributed by atoms with Crippen LogP contribution in [-0.4, -0.2) is 95.4 Å². The highest BCUT2D eigenvalue weighted by Crippen LogP contribution is 2.02. The Morgan fingerprint density at radius 3 is 1.28 bits per heavy atom. The molecule has 0 amide bonds. The number of oxazole rings is 1. The van der Waals surface area contributed by atoms with Crippen LogP contribution in [0.25, 0.3) is 0 Å². The van der Waals surface area contributed by atoms with Crippen molar-refractivity contribution in [1.82, 2.24) is 90.3 Å². The topological polar surface area (TPSA) is 300 Å². The number of nitrogens with zero attached hydrogens (tertiary/aromatic N) is 15. The molecule has 11 heterocycles. The molecule has 352 valence electrons. The van der Waals surface area contributed by atoms with E-state index < -0.39 is 0 Å². The minimum Gasteiger partial charge on any atom is -0.508 e. The summed E-state index contributed by atoms with van der Waals surface area (Å²) in [7, 11) is 0. The largest absolute Gasteiger partial charge is 0.508 e. The van der Waals surface area contributed by atoms with E-state index in [-0.39, 0.29) is 0 Å². The highest BCUT2D eigenvalue weighted by molar-refractivity contribution is 7.07. The predicted molar refractivity (Wildman–Crippen MR) is 255 cm³/mol. The van der Waals surface area contributed by atoms with Crippen LogP contribution in [0, 0.1) is 0 Å². The SMILES string of the molecule is CC.Oc1ccccc1.c1c[nH]cn1.c1ccncc1.c1ccoc1.c1cn[nH]c1.c1cnccn1.c1cncnc1.c1cnoc1.c1cocn1.c1cscn1.c1nc[nH]n1.c1ncncn1. The number of aromatic nitrogens is 18. The molecule has 12 aromatic rings. The quantitative estimate of drug-likeness (QED) is 0.110. The van der Waals surface area contributed by atoms with Crippen LogP contribution in [0.4, 0.5) is 0 Å². The van der Waals surface area contributed by atoms with Crippen molar-refractivity contribution < 1.29 is 18.5 Å². The predicted octanol–water partition coefficient (Wildman–Crippen LogP) is 8.72. The van der Waals surface area contributed by atoms with Crippen molar-refractivity contribution in [3.05, 3.63) is 258 Å². The van der Waals surface area contributed by atoms with E-state index in [1.54, 1.807) is 165 Å². The van der Waals surface area contributed by atoms with Crippen molar-refractivity contribution in [3.63, 3.8) is 0 Å². The zero-order valence-electron chi connectivity index (χ0n) is 37.0. The lowest BCUT2D eigenvalue weighted by atomic mass is 10.3. The van der Waals surface area contributed by atoms with E-state index in [9.17, 15) is 0 Å². The first-order valence-electron chi connectivity index (χ1n) is 19.5. The number of thiazole rings is 1. The van der Waals surface area contributed by atoms with Crippen LogP contribution in [-0.2, 0) is 0 Å². The van der Waals surface area contributed by atoms with Crippen LogP contribution < -0.4 is 0 Å². The number of phenolic OH excluding ortho intramolecular Hbond substituents is 1. The molecular formula is C45H52N18O4S. The Morgan fingerprint density at radius 1 is 0.426 bits per heavy atom. The van der Waals surface area contributed by atoms with Crippen LogP contribution in [0.15, 0.2) is 272 Å². The number of hydrogen-bond donors (Lipinski definition) is 4. The lowest BCUT2D eigenvalue weighted by Crippen LogP contribution is -1.73. The summed E-state index contributed by atoms with van der Waals surface area (Å²) in [5.41, 5.74) is 1.79. The standard InChI is InChI=1S/C6H6O.C5H5N.2C4H4N2.C4H4O.C3H3N3.2C3H4N2.2C3H3NO.C3H3NS.C2H3N3.C2H6/c7-6-4-2-1-3-5-6;1-2-4-6-5-3-1;1-2-6-4-3-5-1;1-2-5-4-6-3-1;1-2-4-5-3-1;1-4-2-6-3-5-1;1-2-5-3-4-1;1-2-4-5-3-1;1-2-5-3-4-1;1-2-4-5-3-1;1-2-5-3-4-1;1-3-2-5-4-1;1-2/h1-5,7H;1-5H;2*1-4H;1-4H;1-3H;2*1-3H,(H,4,5);3*1-3H;1-2H,(H,3,4,5);1-2H3. The van der Waals surface area contributed by atoms with E-state index in [0.29, 0.717) is 5.75 Å². The molecule has 22 nitrogen and oxygen atoms in total. The number of phenols is 1. The average Bonchev–Trinajstić information content (AvgIpc) is 4.31. The van der Waals surface area contributed by atoms with Gasteiger partial charge >= 0.3 is 0 Å². The van der Waals surface area contributed by atoms with Gasteiger partial charge in [0.1, 0.15) is 56.2 Å². The first-order chi connectivity index (χ1) is 33.9. The molecular weight excluding hydrogens is 889 g/mol. The van der Waals surface area contributed by atoms with E-state index in [1.165, 1.54) is 56.9 Å². The van der Waals surface area contributed by atoms with Gasteiger partial charge in [0.15, 0.2) is 6.39 Å². The molecule has 0 bridgehead atoms. The van der Waals surface area contributed by atoms with Crippen molar-refractivity contribution >= 4 is 11.3 Å². The third-order valence-electron chi connectivity index (χ3n) is 5.29. The molecule has 11 aromatic heterocycles. The fourth-order valence-corrected chi connectivity index (χ4v) is 3.15. The van der Waals surface area contributed by atoms with Crippen LogP contribution >= 0.6 is 11.3 Å². The maximum absolute atomic E-state index is 8.63. The van der Waals surface area contributed by atoms with Gasteiger partial charge in [0, 0.05) is 85.9 Å². The van der Waals surface area contributed by atoms with Crippen molar-refractivity contribution in [1.29, 1.82) is 0 Å². The van der Waals surface area contributed by atoms with Crippen molar-refractivity contribution in [2.24, 2.45) is 0 Å². The summed E-state index contributed by atoms with van der Waals surface area (Å²) < 4.78 is 13.4. The van der Waals surface area contributed by atoms with Crippen molar-refractivity contribution in [2.75, 3.05) is 0 Å². The molecule has 0 unspecified atom stereocenters.